The second-order valence-corrected chi connectivity index (χ2v) is 3.28. The Labute approximate surface area is 79.8 Å². The van der Waals surface area contributed by atoms with Crippen LogP contribution in [0.25, 0.3) is 0 Å². The molecule has 13 heavy (non-hydrogen) atoms. The Morgan fingerprint density at radius 3 is 2.77 bits per heavy atom. The molecule has 1 nitrogen and oxygen atoms in total. The fraction of sp³-hybridized carbons (Fsp3) is 0.417. The van der Waals surface area contributed by atoms with E-state index in [-0.39, 0.29) is 0 Å². The van der Waals surface area contributed by atoms with Crippen LogP contribution in [0.4, 0.5) is 0 Å². The fourth-order valence-corrected chi connectivity index (χ4v) is 1.51. The number of rotatable bonds is 3. The Bertz CT molecular complexity index is 269. The first kappa shape index (κ1) is 9.97. The van der Waals surface area contributed by atoms with Crippen molar-refractivity contribution in [1.82, 2.24) is 0 Å². The predicted octanol–water partition coefficient (Wildman–Crippen LogP) is 3.19. The highest BCUT2D eigenvalue weighted by Crippen LogP contribution is 2.24. The predicted molar refractivity (Wildman–Crippen MR) is 55.5 cm³/mol. The van der Waals surface area contributed by atoms with Crippen LogP contribution in [-0.4, -0.2) is 5.78 Å². The van der Waals surface area contributed by atoms with Crippen molar-refractivity contribution in [1.29, 1.82) is 0 Å². The second kappa shape index (κ2) is 4.80. The van der Waals surface area contributed by atoms with Crippen LogP contribution in [0.2, 0.25) is 0 Å². The molecule has 0 radical (unpaired) electrons. The minimum absolute atomic E-state index is 0.348. The van der Waals surface area contributed by atoms with Crippen LogP contribution in [0.15, 0.2) is 36.0 Å². The summed E-state index contributed by atoms with van der Waals surface area (Å²) >= 11 is 0. The van der Waals surface area contributed by atoms with Gasteiger partial charge in [-0.3, -0.25) is 4.79 Å². The molecule has 0 spiro atoms. The Morgan fingerprint density at radius 2 is 2.15 bits per heavy atom. The summed E-state index contributed by atoms with van der Waals surface area (Å²) in [6.07, 6.45) is 9.20. The van der Waals surface area contributed by atoms with Gasteiger partial charge in [0, 0.05) is 12.8 Å². The average molecular weight is 176 g/mol. The molecular weight excluding hydrogens is 160 g/mol. The number of Topliss-reactive ketones (excluding diaryl/α,β-unsaturated/α-hetero) is 1. The van der Waals surface area contributed by atoms with E-state index in [1.165, 1.54) is 5.57 Å². The summed E-state index contributed by atoms with van der Waals surface area (Å²) in [6, 6.07) is 0. The lowest BCUT2D eigenvalue weighted by atomic mass is 9.90. The summed E-state index contributed by atoms with van der Waals surface area (Å²) in [5.41, 5.74) is 2.40. The zero-order chi connectivity index (χ0) is 9.68. The summed E-state index contributed by atoms with van der Waals surface area (Å²) in [4.78, 5) is 11.2. The van der Waals surface area contributed by atoms with Gasteiger partial charge in [-0.05, 0) is 24.0 Å². The van der Waals surface area contributed by atoms with Crippen molar-refractivity contribution in [2.75, 3.05) is 0 Å². The average Bonchev–Trinajstić information content (AvgIpc) is 2.15. The van der Waals surface area contributed by atoms with Gasteiger partial charge in [0.2, 0.25) is 0 Å². The largest absolute Gasteiger partial charge is 0.299 e. The molecule has 0 heterocycles. The molecule has 1 aliphatic carbocycles. The van der Waals surface area contributed by atoms with Gasteiger partial charge < -0.3 is 0 Å². The van der Waals surface area contributed by atoms with Crippen molar-refractivity contribution in [3.05, 3.63) is 36.0 Å². The highest BCUT2D eigenvalue weighted by atomic mass is 16.1. The van der Waals surface area contributed by atoms with Gasteiger partial charge in [0.05, 0.1) is 0 Å². The first-order chi connectivity index (χ1) is 6.27. The lowest BCUT2D eigenvalue weighted by molar-refractivity contribution is -0.118. The minimum atomic E-state index is 0.348. The van der Waals surface area contributed by atoms with Gasteiger partial charge >= 0.3 is 0 Å². The van der Waals surface area contributed by atoms with E-state index in [1.807, 2.05) is 6.08 Å². The SMILES string of the molecule is C=CC1=C(/C=C\CC)CC(=O)CC1. The number of hydrogen-bond acceptors (Lipinski definition) is 1. The summed E-state index contributed by atoms with van der Waals surface area (Å²) in [5.74, 6) is 0.348. The maximum atomic E-state index is 11.2. The molecule has 0 aromatic heterocycles. The van der Waals surface area contributed by atoms with Gasteiger partial charge in [0.1, 0.15) is 5.78 Å². The maximum absolute atomic E-state index is 11.2. The zero-order valence-electron chi connectivity index (χ0n) is 8.18. The molecule has 1 rings (SSSR count). The van der Waals surface area contributed by atoms with Crippen LogP contribution in [0.5, 0.6) is 0 Å². The molecule has 0 aromatic rings. The smallest absolute Gasteiger partial charge is 0.137 e. The molecule has 0 unspecified atom stereocenters. The first-order valence-electron chi connectivity index (χ1n) is 4.80. The van der Waals surface area contributed by atoms with E-state index in [9.17, 15) is 4.79 Å². The Balaban J connectivity index is 2.83. The second-order valence-electron chi connectivity index (χ2n) is 3.28. The van der Waals surface area contributed by atoms with Crippen molar-refractivity contribution < 1.29 is 4.79 Å². The number of carbonyl (C=O) groups excluding carboxylic acids is 1. The summed E-state index contributed by atoms with van der Waals surface area (Å²) in [7, 11) is 0. The number of ketones is 1. The lowest BCUT2D eigenvalue weighted by Gasteiger charge is -2.14. The molecule has 0 aromatic carbocycles. The van der Waals surface area contributed by atoms with Crippen LogP contribution < -0.4 is 0 Å². The molecule has 0 saturated heterocycles. The van der Waals surface area contributed by atoms with Gasteiger partial charge in [0.15, 0.2) is 0 Å². The summed E-state index contributed by atoms with van der Waals surface area (Å²) < 4.78 is 0. The molecule has 1 heteroatoms. The number of carbonyl (C=O) groups is 1. The Hall–Kier alpha value is -1.11. The van der Waals surface area contributed by atoms with E-state index >= 15 is 0 Å². The maximum Gasteiger partial charge on any atom is 0.137 e. The van der Waals surface area contributed by atoms with Gasteiger partial charge in [-0.15, -0.1) is 0 Å². The summed E-state index contributed by atoms with van der Waals surface area (Å²) in [6.45, 7) is 5.86. The third-order valence-electron chi connectivity index (χ3n) is 2.27. The quantitative estimate of drug-likeness (QED) is 0.645. The van der Waals surface area contributed by atoms with E-state index in [2.05, 4.69) is 25.7 Å². The molecule has 0 atom stereocenters. The lowest BCUT2D eigenvalue weighted by Crippen LogP contribution is -2.07. The third-order valence-corrected chi connectivity index (χ3v) is 2.27. The molecule has 1 aliphatic rings. The molecule has 0 fully saturated rings. The van der Waals surface area contributed by atoms with Crippen molar-refractivity contribution in [3.63, 3.8) is 0 Å². The van der Waals surface area contributed by atoms with Crippen molar-refractivity contribution in [2.24, 2.45) is 0 Å². The monoisotopic (exact) mass is 176 g/mol. The first-order valence-corrected chi connectivity index (χ1v) is 4.80. The van der Waals surface area contributed by atoms with Crippen molar-refractivity contribution in [2.45, 2.75) is 32.6 Å². The normalized spacial score (nSPS) is 18.4. The highest BCUT2D eigenvalue weighted by Gasteiger charge is 2.14. The number of allylic oxidation sites excluding steroid dienone is 5. The fourth-order valence-electron chi connectivity index (χ4n) is 1.51. The van der Waals surface area contributed by atoms with Gasteiger partial charge in [-0.2, -0.15) is 0 Å². The van der Waals surface area contributed by atoms with Crippen molar-refractivity contribution in [3.8, 4) is 0 Å². The summed E-state index contributed by atoms with van der Waals surface area (Å²) in [5, 5.41) is 0. The van der Waals surface area contributed by atoms with E-state index in [4.69, 9.17) is 0 Å². The number of hydrogen-bond donors (Lipinski definition) is 0. The molecule has 70 valence electrons. The van der Waals surface area contributed by atoms with Gasteiger partial charge in [-0.1, -0.05) is 31.7 Å². The van der Waals surface area contributed by atoms with Gasteiger partial charge in [-0.25, -0.2) is 0 Å². The molecular formula is C12H16O. The van der Waals surface area contributed by atoms with Crippen LogP contribution in [0.1, 0.15) is 32.6 Å². The molecule has 0 amide bonds. The van der Waals surface area contributed by atoms with Crippen LogP contribution in [-0.2, 0) is 4.79 Å². The third kappa shape index (κ3) is 2.69. The Kier molecular flexibility index (Phi) is 3.69. The van der Waals surface area contributed by atoms with E-state index < -0.39 is 0 Å². The standard InChI is InChI=1S/C12H16O/c1-3-5-6-11-9-12(13)8-7-10(11)4-2/h4-6H,2-3,7-9H2,1H3/b6-5-. The molecule has 0 aliphatic heterocycles. The molecule has 0 saturated carbocycles. The van der Waals surface area contributed by atoms with Gasteiger partial charge in [0.25, 0.3) is 0 Å². The minimum Gasteiger partial charge on any atom is -0.299 e. The van der Waals surface area contributed by atoms with Crippen LogP contribution in [0, 0.1) is 0 Å². The Morgan fingerprint density at radius 1 is 1.38 bits per heavy atom. The zero-order valence-corrected chi connectivity index (χ0v) is 8.18. The molecule has 0 bridgehead atoms. The van der Waals surface area contributed by atoms with E-state index in [0.717, 1.165) is 18.4 Å². The molecule has 0 N–H and O–H groups in total. The van der Waals surface area contributed by atoms with Crippen molar-refractivity contribution >= 4 is 5.78 Å². The van der Waals surface area contributed by atoms with Crippen LogP contribution >= 0.6 is 0 Å². The van der Waals surface area contributed by atoms with Crippen LogP contribution in [0.3, 0.4) is 0 Å². The van der Waals surface area contributed by atoms with E-state index in [0.29, 0.717) is 18.6 Å². The highest BCUT2D eigenvalue weighted by molar-refractivity contribution is 5.83. The topological polar surface area (TPSA) is 17.1 Å². The van der Waals surface area contributed by atoms with E-state index in [1.54, 1.807) is 0 Å².